The van der Waals surface area contributed by atoms with E-state index in [2.05, 4.69) is 180 Å². The molecular weight excluding hydrogens is 733 g/mol. The maximum absolute atomic E-state index is 6.29. The molecule has 0 aliphatic rings. The van der Waals surface area contributed by atoms with E-state index < -0.39 is 0 Å². The van der Waals surface area contributed by atoms with Crippen molar-refractivity contribution in [2.75, 3.05) is 0 Å². The minimum Gasteiger partial charge on any atom is -0.456 e. The van der Waals surface area contributed by atoms with Crippen molar-refractivity contribution in [1.29, 1.82) is 0 Å². The zero-order valence-electron chi connectivity index (χ0n) is 32.3. The van der Waals surface area contributed by atoms with Gasteiger partial charge in [0.1, 0.15) is 11.2 Å². The molecule has 3 heterocycles. The second-order valence-electron chi connectivity index (χ2n) is 15.2. The lowest BCUT2D eigenvalue weighted by molar-refractivity contribution is 0.669. The zero-order chi connectivity index (χ0) is 39.6. The Morgan fingerprint density at radius 2 is 0.933 bits per heavy atom. The lowest BCUT2D eigenvalue weighted by atomic mass is 10.0. The van der Waals surface area contributed by atoms with E-state index >= 15 is 0 Å². The van der Waals surface area contributed by atoms with Gasteiger partial charge in [-0.2, -0.15) is 0 Å². The monoisotopic (exact) mass is 766 g/mol. The van der Waals surface area contributed by atoms with Crippen LogP contribution in [-0.4, -0.2) is 19.5 Å². The number of furan rings is 1. The van der Waals surface area contributed by atoms with Crippen molar-refractivity contribution < 1.29 is 4.42 Å². The summed E-state index contributed by atoms with van der Waals surface area (Å²) in [5, 5.41) is 6.76. The van der Waals surface area contributed by atoms with Gasteiger partial charge in [0.15, 0.2) is 17.5 Å². The van der Waals surface area contributed by atoms with Gasteiger partial charge >= 0.3 is 0 Å². The van der Waals surface area contributed by atoms with Gasteiger partial charge in [0.25, 0.3) is 0 Å². The minimum absolute atomic E-state index is 0.592. The summed E-state index contributed by atoms with van der Waals surface area (Å²) < 4.78 is 8.67. The lowest BCUT2D eigenvalue weighted by Gasteiger charge is -2.12. The molecular formula is C55H34N4O. The van der Waals surface area contributed by atoms with Crippen LogP contribution in [0.3, 0.4) is 0 Å². The highest BCUT2D eigenvalue weighted by Crippen LogP contribution is 2.39. The number of benzene rings is 9. The average Bonchev–Trinajstić information content (AvgIpc) is 3.87. The lowest BCUT2D eigenvalue weighted by Crippen LogP contribution is -2.00. The standard InChI is InChI=1S/C55H34N4O/c1-2-13-35(14-3-1)40-29-30-49-47(34-40)44-21-6-8-24-48(44)59(49)43-20-11-18-39(33-43)38-17-10-19-41(32-38)53-56-54(42-28-27-36-15-4-5-16-37(36)31-42)58-55(57-53)46-23-12-26-51-52(46)45-22-7-9-25-50(45)60-51/h1-34H. The number of fused-ring (bicyclic) bond motifs is 7. The van der Waals surface area contributed by atoms with E-state index in [1.807, 2.05) is 30.3 Å². The van der Waals surface area contributed by atoms with Gasteiger partial charge in [0, 0.05) is 43.9 Å². The third-order valence-corrected chi connectivity index (χ3v) is 11.6. The molecule has 0 N–H and O–H groups in total. The highest BCUT2D eigenvalue weighted by molar-refractivity contribution is 6.12. The van der Waals surface area contributed by atoms with Crippen molar-refractivity contribution in [2.24, 2.45) is 0 Å². The van der Waals surface area contributed by atoms with Gasteiger partial charge in [0.2, 0.25) is 0 Å². The van der Waals surface area contributed by atoms with Crippen LogP contribution in [-0.2, 0) is 0 Å². The summed E-state index contributed by atoms with van der Waals surface area (Å²) in [5.74, 6) is 1.80. The van der Waals surface area contributed by atoms with E-state index in [0.29, 0.717) is 17.5 Å². The van der Waals surface area contributed by atoms with Crippen LogP contribution in [0.5, 0.6) is 0 Å². The Kier molecular flexibility index (Phi) is 7.78. The fourth-order valence-electron chi connectivity index (χ4n) is 8.77. The Morgan fingerprint density at radius 3 is 1.82 bits per heavy atom. The SMILES string of the molecule is c1ccc(-c2ccc3c(c2)c2ccccc2n3-c2cccc(-c3cccc(-c4nc(-c5ccc6ccccc6c5)nc(-c5cccc6oc7ccccc7c56)n4)c3)c2)cc1. The summed E-state index contributed by atoms with van der Waals surface area (Å²) in [4.78, 5) is 15.6. The van der Waals surface area contributed by atoms with Gasteiger partial charge in [-0.1, -0.05) is 152 Å². The molecule has 5 nitrogen and oxygen atoms in total. The first-order chi connectivity index (χ1) is 29.7. The average molecular weight is 767 g/mol. The van der Waals surface area contributed by atoms with Gasteiger partial charge in [0.05, 0.1) is 11.0 Å². The molecule has 0 saturated carbocycles. The van der Waals surface area contributed by atoms with Crippen molar-refractivity contribution >= 4 is 54.5 Å². The zero-order valence-corrected chi connectivity index (χ0v) is 32.3. The van der Waals surface area contributed by atoms with E-state index in [-0.39, 0.29) is 0 Å². The van der Waals surface area contributed by atoms with E-state index in [0.717, 1.165) is 66.2 Å². The second kappa shape index (κ2) is 13.8. The number of para-hydroxylation sites is 2. The Labute approximate surface area is 345 Å². The quantitative estimate of drug-likeness (QED) is 0.169. The predicted octanol–water partition coefficient (Wildman–Crippen LogP) is 14.4. The van der Waals surface area contributed by atoms with E-state index in [1.165, 1.54) is 32.9 Å². The van der Waals surface area contributed by atoms with Crippen LogP contribution in [0.15, 0.2) is 211 Å². The normalized spacial score (nSPS) is 11.7. The maximum atomic E-state index is 6.29. The fourth-order valence-corrected chi connectivity index (χ4v) is 8.77. The number of hydrogen-bond acceptors (Lipinski definition) is 4. The third-order valence-electron chi connectivity index (χ3n) is 11.6. The maximum Gasteiger partial charge on any atom is 0.164 e. The van der Waals surface area contributed by atoms with Crippen molar-refractivity contribution in [3.8, 4) is 62.1 Å². The molecule has 60 heavy (non-hydrogen) atoms. The summed E-state index contributed by atoms with van der Waals surface area (Å²) in [6, 6.07) is 72.3. The molecule has 0 radical (unpaired) electrons. The summed E-state index contributed by atoms with van der Waals surface area (Å²) in [6.07, 6.45) is 0. The number of aromatic nitrogens is 4. The molecule has 0 saturated heterocycles. The molecule has 0 atom stereocenters. The molecule has 0 aliphatic heterocycles. The molecule has 280 valence electrons. The van der Waals surface area contributed by atoms with Crippen LogP contribution in [0.25, 0.3) is 117 Å². The van der Waals surface area contributed by atoms with Crippen LogP contribution in [0.2, 0.25) is 0 Å². The molecule has 0 fully saturated rings. The fraction of sp³-hybridized carbons (Fsp3) is 0. The Hall–Kier alpha value is -8.15. The van der Waals surface area contributed by atoms with Gasteiger partial charge < -0.3 is 8.98 Å². The van der Waals surface area contributed by atoms with E-state index in [9.17, 15) is 0 Å². The molecule has 0 amide bonds. The second-order valence-corrected chi connectivity index (χ2v) is 15.2. The number of nitrogens with zero attached hydrogens (tertiary/aromatic N) is 4. The molecule has 3 aromatic heterocycles. The summed E-state index contributed by atoms with van der Waals surface area (Å²) >= 11 is 0. The first-order valence-electron chi connectivity index (χ1n) is 20.2. The van der Waals surface area contributed by atoms with Crippen LogP contribution in [0.4, 0.5) is 0 Å². The van der Waals surface area contributed by atoms with E-state index in [4.69, 9.17) is 19.4 Å². The van der Waals surface area contributed by atoms with E-state index in [1.54, 1.807) is 0 Å². The first-order valence-corrected chi connectivity index (χ1v) is 20.2. The number of rotatable bonds is 6. The first kappa shape index (κ1) is 33.9. The van der Waals surface area contributed by atoms with Gasteiger partial charge in [-0.3, -0.25) is 0 Å². The minimum atomic E-state index is 0.592. The molecule has 9 aromatic carbocycles. The molecule has 12 rings (SSSR count). The summed E-state index contributed by atoms with van der Waals surface area (Å²) in [5.41, 5.74) is 12.4. The van der Waals surface area contributed by atoms with Gasteiger partial charge in [-0.05, 0) is 87.6 Å². The molecule has 0 bridgehead atoms. The topological polar surface area (TPSA) is 56.7 Å². The highest BCUT2D eigenvalue weighted by Gasteiger charge is 2.19. The molecule has 0 unspecified atom stereocenters. The van der Waals surface area contributed by atoms with Crippen molar-refractivity contribution in [3.05, 3.63) is 206 Å². The molecule has 5 heteroatoms. The van der Waals surface area contributed by atoms with Crippen LogP contribution in [0, 0.1) is 0 Å². The predicted molar refractivity (Wildman–Crippen MR) is 246 cm³/mol. The van der Waals surface area contributed by atoms with Crippen LogP contribution >= 0.6 is 0 Å². The molecule has 0 aliphatic carbocycles. The Morgan fingerprint density at radius 1 is 0.333 bits per heavy atom. The van der Waals surface area contributed by atoms with Crippen molar-refractivity contribution in [1.82, 2.24) is 19.5 Å². The van der Waals surface area contributed by atoms with Crippen molar-refractivity contribution in [3.63, 3.8) is 0 Å². The van der Waals surface area contributed by atoms with Crippen LogP contribution < -0.4 is 0 Å². The Balaban J connectivity index is 0.999. The molecule has 12 aromatic rings. The van der Waals surface area contributed by atoms with Crippen molar-refractivity contribution in [2.45, 2.75) is 0 Å². The largest absolute Gasteiger partial charge is 0.456 e. The smallest absolute Gasteiger partial charge is 0.164 e. The molecule has 0 spiro atoms. The summed E-state index contributed by atoms with van der Waals surface area (Å²) in [7, 11) is 0. The van der Waals surface area contributed by atoms with Crippen LogP contribution in [0.1, 0.15) is 0 Å². The highest BCUT2D eigenvalue weighted by atomic mass is 16.3. The third kappa shape index (κ3) is 5.67. The Bertz CT molecular complexity index is 3620. The summed E-state index contributed by atoms with van der Waals surface area (Å²) in [6.45, 7) is 0. The van der Waals surface area contributed by atoms with Gasteiger partial charge in [-0.15, -0.1) is 0 Å². The number of hydrogen-bond donors (Lipinski definition) is 0. The van der Waals surface area contributed by atoms with Gasteiger partial charge in [-0.25, -0.2) is 15.0 Å².